The zero-order valence-corrected chi connectivity index (χ0v) is 20.4. The minimum atomic E-state index is -0.507. The largest absolute Gasteiger partial charge is 4.00 e. The van der Waals surface area contributed by atoms with Crippen molar-refractivity contribution in [3.8, 4) is 0 Å². The number of nitrogens with one attached hydrogen (secondary N) is 1. The molecule has 6 heteroatoms. The first-order valence-corrected chi connectivity index (χ1v) is 9.07. The summed E-state index contributed by atoms with van der Waals surface area (Å²) in [6.07, 6.45) is 3.36. The number of carbonyl (C=O) groups is 1. The number of hydrogen-bond acceptors (Lipinski definition) is 1. The predicted octanol–water partition coefficient (Wildman–Crippen LogP) is -1.14. The first-order chi connectivity index (χ1) is 8.48. The molecule has 1 radical (unpaired) electrons. The molecule has 2 nitrogen and oxygen atoms in total. The summed E-state index contributed by atoms with van der Waals surface area (Å²) >= 11 is 0. The molecule has 0 aliphatic heterocycles. The zero-order chi connectivity index (χ0) is 15.8. The van der Waals surface area contributed by atoms with Gasteiger partial charge in [-0.1, -0.05) is 60.6 Å². The summed E-state index contributed by atoms with van der Waals surface area (Å²) in [5.74, 6) is 0.0532. The van der Waals surface area contributed by atoms with Gasteiger partial charge in [0, 0.05) is 14.9 Å². The first kappa shape index (κ1) is 34.1. The van der Waals surface area contributed by atoms with E-state index in [1.165, 1.54) is 16.7 Å². The average molecular weight is 443 g/mol. The Morgan fingerprint density at radius 1 is 1.14 bits per heavy atom. The molecule has 0 saturated carbocycles. The molecule has 0 heterocycles. The smallest absolute Gasteiger partial charge is 1.00 e. The minimum absolute atomic E-state index is 0. The van der Waals surface area contributed by atoms with Crippen LogP contribution >= 0.6 is 0 Å². The van der Waals surface area contributed by atoms with E-state index in [0.717, 1.165) is 9.52 Å². The third-order valence-corrected chi connectivity index (χ3v) is 2.92. The quantitative estimate of drug-likeness (QED) is 0.345. The van der Waals surface area contributed by atoms with Gasteiger partial charge in [-0.05, 0) is 0 Å². The van der Waals surface area contributed by atoms with Crippen LogP contribution < -0.4 is 24.8 Å². The molecule has 0 spiro atoms. The maximum absolute atomic E-state index is 10.1. The van der Waals surface area contributed by atoms with Crippen molar-refractivity contribution in [3.05, 3.63) is 28.5 Å². The van der Waals surface area contributed by atoms with Gasteiger partial charge < -0.3 is 35.3 Å². The fourth-order valence-electron chi connectivity index (χ4n) is 1.16. The second-order valence-corrected chi connectivity index (χ2v) is 7.11. The molecule has 1 rings (SSSR count). The zero-order valence-electron chi connectivity index (χ0n) is 15.3. The molecule has 0 aromatic heterocycles. The molecular formula is C16H30Cl2NOSiZr. The fraction of sp³-hybridized carbons (Fsp3) is 0.688. The molecule has 1 atom stereocenters. The van der Waals surface area contributed by atoms with Crippen molar-refractivity contribution in [2.24, 2.45) is 11.3 Å². The molecular weight excluding hydrogens is 412 g/mol. The number of rotatable bonds is 0. The van der Waals surface area contributed by atoms with Crippen molar-refractivity contribution >= 4 is 15.4 Å². The van der Waals surface area contributed by atoms with Crippen molar-refractivity contribution in [2.75, 3.05) is 0 Å². The Kier molecular flexibility index (Phi) is 25.5. The number of halogens is 2. The molecule has 0 bridgehead atoms. The summed E-state index contributed by atoms with van der Waals surface area (Å²) in [5.41, 5.74) is 10.4. The molecule has 1 unspecified atom stereocenters. The maximum atomic E-state index is 10.1. The number of amides is 1. The van der Waals surface area contributed by atoms with Crippen LogP contribution in [0.1, 0.15) is 48.5 Å². The van der Waals surface area contributed by atoms with E-state index in [0.29, 0.717) is 5.92 Å². The van der Waals surface area contributed by atoms with Crippen LogP contribution in [0.4, 0.5) is 0 Å². The summed E-state index contributed by atoms with van der Waals surface area (Å²) in [5, 5.41) is 0. The molecule has 127 valence electrons. The van der Waals surface area contributed by atoms with Crippen molar-refractivity contribution in [2.45, 2.75) is 61.6 Å². The Morgan fingerprint density at radius 2 is 1.41 bits per heavy atom. The summed E-state index contributed by atoms with van der Waals surface area (Å²) in [6.45, 7) is 18.3. The van der Waals surface area contributed by atoms with Crippen molar-refractivity contribution in [1.29, 1.82) is 0 Å². The molecule has 0 saturated heterocycles. The van der Waals surface area contributed by atoms with Gasteiger partial charge in [-0.2, -0.15) is 11.1 Å². The van der Waals surface area contributed by atoms with Crippen LogP contribution in [0.25, 0.3) is 5.73 Å². The summed E-state index contributed by atoms with van der Waals surface area (Å²) in [7, 11) is 0.750. The molecule has 0 aromatic carbocycles. The summed E-state index contributed by atoms with van der Waals surface area (Å²) in [4.78, 5) is 10.1. The predicted molar refractivity (Wildman–Crippen MR) is 87.6 cm³/mol. The van der Waals surface area contributed by atoms with Crippen LogP contribution in [-0.4, -0.2) is 15.4 Å². The molecule has 1 amide bonds. The number of allylic oxidation sites excluding steroid dienone is 4. The fourth-order valence-corrected chi connectivity index (χ4v) is 1.16. The van der Waals surface area contributed by atoms with E-state index in [1.807, 2.05) is 0 Å². The van der Waals surface area contributed by atoms with E-state index in [4.69, 9.17) is 5.73 Å². The van der Waals surface area contributed by atoms with Gasteiger partial charge in [0.05, 0.1) is 5.91 Å². The topological polar surface area (TPSA) is 40.9 Å². The van der Waals surface area contributed by atoms with Crippen LogP contribution in [0, 0.1) is 17.4 Å². The van der Waals surface area contributed by atoms with Crippen LogP contribution in [-0.2, 0) is 31.0 Å². The van der Waals surface area contributed by atoms with Gasteiger partial charge in [0.25, 0.3) is 0 Å². The Bertz CT molecular complexity index is 364. The van der Waals surface area contributed by atoms with E-state index in [1.54, 1.807) is 20.8 Å². The molecule has 0 aromatic rings. The Morgan fingerprint density at radius 3 is 1.45 bits per heavy atom. The standard InChI is InChI=1S/C9H13.C5H11NO.C2H7Si.2ClH.Zr/c1-6-5-7(2)9(4)8(6)3;1-5(2,3)4(6)7;1-3-2;;;/h6H,1-4H3;1-3H3,(H2,6,7);3H,1-2H3;2*1H;/q-1;;;;;+4/p-3. The van der Waals surface area contributed by atoms with E-state index in [9.17, 15) is 4.79 Å². The van der Waals surface area contributed by atoms with E-state index in [2.05, 4.69) is 46.9 Å². The van der Waals surface area contributed by atoms with Gasteiger partial charge in [0.15, 0.2) is 0 Å². The van der Waals surface area contributed by atoms with Gasteiger partial charge in [0.1, 0.15) is 0 Å². The van der Waals surface area contributed by atoms with Gasteiger partial charge in [-0.25, -0.2) is 5.57 Å². The molecule has 1 aliphatic rings. The second kappa shape index (κ2) is 16.5. The molecule has 22 heavy (non-hydrogen) atoms. The normalized spacial score (nSPS) is 15.5. The SMILES string of the molecule is CC(C)(C)C([NH-])=O.CC1=[C-]C(C)C(C)=C1C.C[SiH]C.[Cl-].[Cl-].[Zr+4]. The Labute approximate surface area is 171 Å². The monoisotopic (exact) mass is 440 g/mol. The van der Waals surface area contributed by atoms with E-state index < -0.39 is 11.3 Å². The van der Waals surface area contributed by atoms with Gasteiger partial charge in [0.2, 0.25) is 0 Å². The first-order valence-electron chi connectivity index (χ1n) is 6.76. The van der Waals surface area contributed by atoms with Crippen molar-refractivity contribution < 1.29 is 55.8 Å². The van der Waals surface area contributed by atoms with E-state index >= 15 is 0 Å². The molecule has 1 aliphatic carbocycles. The third-order valence-electron chi connectivity index (χ3n) is 2.92. The maximum Gasteiger partial charge on any atom is 4.00 e. The average Bonchev–Trinajstić information content (AvgIpc) is 2.46. The summed E-state index contributed by atoms with van der Waals surface area (Å²) < 4.78 is 0. The third kappa shape index (κ3) is 15.5. The van der Waals surface area contributed by atoms with Crippen molar-refractivity contribution in [3.63, 3.8) is 0 Å². The van der Waals surface area contributed by atoms with Gasteiger partial charge in [-0.3, -0.25) is 6.08 Å². The van der Waals surface area contributed by atoms with Crippen LogP contribution in [0.3, 0.4) is 0 Å². The van der Waals surface area contributed by atoms with E-state index in [-0.39, 0.29) is 51.0 Å². The Balaban J connectivity index is -0.0000000679. The number of hydrogen-bond donors (Lipinski definition) is 0. The second-order valence-electron chi connectivity index (χ2n) is 5.96. The Hall–Kier alpha value is 0.630. The molecule has 1 N–H and O–H groups in total. The number of carbonyl (C=O) groups excluding carboxylic acids is 1. The van der Waals surface area contributed by atoms with Gasteiger partial charge in [-0.15, -0.1) is 6.92 Å². The minimum Gasteiger partial charge on any atom is -1.00 e. The van der Waals surface area contributed by atoms with Crippen LogP contribution in [0.2, 0.25) is 13.1 Å². The summed E-state index contributed by atoms with van der Waals surface area (Å²) in [6, 6.07) is 0. The molecule has 0 fully saturated rings. The van der Waals surface area contributed by atoms with Crippen LogP contribution in [0.5, 0.6) is 0 Å². The van der Waals surface area contributed by atoms with Crippen LogP contribution in [0.15, 0.2) is 16.7 Å². The van der Waals surface area contributed by atoms with Gasteiger partial charge >= 0.3 is 26.2 Å². The van der Waals surface area contributed by atoms with Crippen molar-refractivity contribution in [1.82, 2.24) is 0 Å².